The molecule has 0 saturated heterocycles. The van der Waals surface area contributed by atoms with Crippen molar-refractivity contribution >= 4 is 17.2 Å². The Morgan fingerprint density at radius 2 is 2.04 bits per heavy atom. The van der Waals surface area contributed by atoms with Gasteiger partial charge in [0.15, 0.2) is 12.3 Å². The Morgan fingerprint density at radius 3 is 2.83 bits per heavy atom. The number of methoxy groups -OCH3 is 2. The third-order valence-electron chi connectivity index (χ3n) is 3.30. The quantitative estimate of drug-likeness (QED) is 0.742. The van der Waals surface area contributed by atoms with E-state index in [1.165, 1.54) is 7.11 Å². The lowest BCUT2D eigenvalue weighted by atomic mass is 10.2. The highest BCUT2D eigenvalue weighted by molar-refractivity contribution is 5.93. The van der Waals surface area contributed by atoms with E-state index in [-0.39, 0.29) is 18.5 Å². The van der Waals surface area contributed by atoms with Gasteiger partial charge in [-0.1, -0.05) is 11.2 Å². The van der Waals surface area contributed by atoms with Crippen molar-refractivity contribution in [3.05, 3.63) is 42.6 Å². The highest BCUT2D eigenvalue weighted by Crippen LogP contribution is 2.28. The number of rotatable bonds is 6. The van der Waals surface area contributed by atoms with Gasteiger partial charge in [0, 0.05) is 12.3 Å². The van der Waals surface area contributed by atoms with Gasteiger partial charge in [-0.2, -0.15) is 0 Å². The standard InChI is InChI=1S/C16H16N4O4/c1-22-11-6-7-13(23-2)12(9-11)17-15(21)10-24-16-19-18-14-5-3-4-8-20(14)16/h3-9H,10H2,1-2H3,(H,17,21). The summed E-state index contributed by atoms with van der Waals surface area (Å²) in [5.41, 5.74) is 1.14. The molecule has 1 N–H and O–H groups in total. The fourth-order valence-electron chi connectivity index (χ4n) is 2.15. The lowest BCUT2D eigenvalue weighted by Gasteiger charge is -2.11. The van der Waals surface area contributed by atoms with Crippen LogP contribution >= 0.6 is 0 Å². The Balaban J connectivity index is 1.68. The Morgan fingerprint density at radius 1 is 1.17 bits per heavy atom. The predicted molar refractivity (Wildman–Crippen MR) is 86.7 cm³/mol. The van der Waals surface area contributed by atoms with Crippen LogP contribution in [-0.2, 0) is 4.79 Å². The first-order valence-electron chi connectivity index (χ1n) is 7.15. The molecule has 1 amide bonds. The number of anilines is 1. The van der Waals surface area contributed by atoms with Crippen LogP contribution in [0.3, 0.4) is 0 Å². The number of carbonyl (C=O) groups is 1. The molecule has 0 saturated carbocycles. The second-order valence-electron chi connectivity index (χ2n) is 4.81. The van der Waals surface area contributed by atoms with Gasteiger partial charge in [0.1, 0.15) is 11.5 Å². The number of nitrogens with zero attached hydrogens (tertiary/aromatic N) is 3. The molecule has 1 aromatic carbocycles. The zero-order valence-electron chi connectivity index (χ0n) is 13.2. The van der Waals surface area contributed by atoms with Gasteiger partial charge in [-0.25, -0.2) is 0 Å². The normalized spacial score (nSPS) is 10.4. The number of benzene rings is 1. The number of fused-ring (bicyclic) bond motifs is 1. The molecule has 24 heavy (non-hydrogen) atoms. The first-order valence-corrected chi connectivity index (χ1v) is 7.15. The Kier molecular flexibility index (Phi) is 4.46. The smallest absolute Gasteiger partial charge is 0.322 e. The maximum Gasteiger partial charge on any atom is 0.322 e. The highest BCUT2D eigenvalue weighted by Gasteiger charge is 2.12. The van der Waals surface area contributed by atoms with Gasteiger partial charge in [0.2, 0.25) is 0 Å². The van der Waals surface area contributed by atoms with E-state index in [1.54, 1.807) is 42.0 Å². The fourth-order valence-corrected chi connectivity index (χ4v) is 2.15. The highest BCUT2D eigenvalue weighted by atomic mass is 16.5. The molecule has 2 heterocycles. The summed E-state index contributed by atoms with van der Waals surface area (Å²) < 4.78 is 17.4. The molecule has 8 nitrogen and oxygen atoms in total. The molecule has 0 fully saturated rings. The second kappa shape index (κ2) is 6.86. The summed E-state index contributed by atoms with van der Waals surface area (Å²) >= 11 is 0. The molecule has 3 aromatic rings. The van der Waals surface area contributed by atoms with Crippen LogP contribution in [-0.4, -0.2) is 41.3 Å². The average molecular weight is 328 g/mol. The summed E-state index contributed by atoms with van der Waals surface area (Å²) in [4.78, 5) is 12.1. The molecule has 0 bridgehead atoms. The maximum absolute atomic E-state index is 12.1. The first kappa shape index (κ1) is 15.6. The van der Waals surface area contributed by atoms with Gasteiger partial charge >= 0.3 is 6.01 Å². The van der Waals surface area contributed by atoms with Crippen LogP contribution in [0.5, 0.6) is 17.5 Å². The van der Waals surface area contributed by atoms with E-state index in [9.17, 15) is 4.79 Å². The molecular weight excluding hydrogens is 312 g/mol. The fraction of sp³-hybridized carbons (Fsp3) is 0.188. The topological polar surface area (TPSA) is 87.0 Å². The number of hydrogen-bond acceptors (Lipinski definition) is 6. The van der Waals surface area contributed by atoms with E-state index in [2.05, 4.69) is 15.5 Å². The van der Waals surface area contributed by atoms with Crippen LogP contribution in [0.25, 0.3) is 5.65 Å². The minimum absolute atomic E-state index is 0.212. The largest absolute Gasteiger partial charge is 0.497 e. The minimum atomic E-state index is -0.353. The van der Waals surface area contributed by atoms with E-state index in [0.717, 1.165) is 0 Å². The average Bonchev–Trinajstić information content (AvgIpc) is 3.03. The summed E-state index contributed by atoms with van der Waals surface area (Å²) in [6, 6.07) is 10.8. The molecular formula is C16H16N4O4. The van der Waals surface area contributed by atoms with Gasteiger partial charge in [-0.3, -0.25) is 9.20 Å². The van der Waals surface area contributed by atoms with Crippen molar-refractivity contribution in [3.63, 3.8) is 0 Å². The monoisotopic (exact) mass is 328 g/mol. The number of nitrogens with one attached hydrogen (secondary N) is 1. The van der Waals surface area contributed by atoms with Crippen molar-refractivity contribution < 1.29 is 19.0 Å². The van der Waals surface area contributed by atoms with Crippen LogP contribution in [0.2, 0.25) is 0 Å². The van der Waals surface area contributed by atoms with Crippen molar-refractivity contribution in [3.8, 4) is 17.5 Å². The molecule has 0 radical (unpaired) electrons. The Bertz CT molecular complexity index is 862. The van der Waals surface area contributed by atoms with Crippen molar-refractivity contribution in [2.24, 2.45) is 0 Å². The molecule has 0 unspecified atom stereocenters. The van der Waals surface area contributed by atoms with Crippen LogP contribution in [0, 0.1) is 0 Å². The molecule has 124 valence electrons. The lowest BCUT2D eigenvalue weighted by Crippen LogP contribution is -2.21. The summed E-state index contributed by atoms with van der Waals surface area (Å²) in [6.07, 6.45) is 1.76. The van der Waals surface area contributed by atoms with Crippen molar-refractivity contribution in [1.29, 1.82) is 0 Å². The van der Waals surface area contributed by atoms with E-state index < -0.39 is 0 Å². The van der Waals surface area contributed by atoms with Crippen molar-refractivity contribution in [1.82, 2.24) is 14.6 Å². The number of aromatic nitrogens is 3. The van der Waals surface area contributed by atoms with Crippen LogP contribution in [0.1, 0.15) is 0 Å². The molecule has 0 aliphatic rings. The Hall–Kier alpha value is -3.29. The predicted octanol–water partition coefficient (Wildman–Crippen LogP) is 1.76. The molecule has 0 spiro atoms. The summed E-state index contributed by atoms with van der Waals surface area (Å²) in [5, 5.41) is 10.6. The molecule has 3 rings (SSSR count). The van der Waals surface area contributed by atoms with E-state index in [4.69, 9.17) is 14.2 Å². The Labute approximate surface area is 138 Å². The van der Waals surface area contributed by atoms with E-state index in [1.807, 2.05) is 12.1 Å². The molecule has 0 atom stereocenters. The third kappa shape index (κ3) is 3.22. The van der Waals surface area contributed by atoms with Crippen molar-refractivity contribution in [2.45, 2.75) is 0 Å². The lowest BCUT2D eigenvalue weighted by molar-refractivity contribution is -0.118. The van der Waals surface area contributed by atoms with E-state index in [0.29, 0.717) is 22.8 Å². The first-order chi connectivity index (χ1) is 11.7. The molecule has 2 aromatic heterocycles. The van der Waals surface area contributed by atoms with E-state index >= 15 is 0 Å². The number of amides is 1. The third-order valence-corrected chi connectivity index (χ3v) is 3.30. The zero-order chi connectivity index (χ0) is 16.9. The number of ether oxygens (including phenoxy) is 3. The number of carbonyl (C=O) groups excluding carboxylic acids is 1. The van der Waals surface area contributed by atoms with Gasteiger partial charge in [0.25, 0.3) is 5.91 Å². The summed E-state index contributed by atoms with van der Waals surface area (Å²) in [6.45, 7) is -0.212. The zero-order valence-corrected chi connectivity index (χ0v) is 13.2. The second-order valence-corrected chi connectivity index (χ2v) is 4.81. The van der Waals surface area contributed by atoms with Gasteiger partial charge in [-0.05, 0) is 24.3 Å². The number of pyridine rings is 1. The molecule has 0 aliphatic heterocycles. The minimum Gasteiger partial charge on any atom is -0.497 e. The summed E-state index contributed by atoms with van der Waals surface area (Å²) in [7, 11) is 3.07. The van der Waals surface area contributed by atoms with Crippen LogP contribution in [0.15, 0.2) is 42.6 Å². The van der Waals surface area contributed by atoms with Crippen LogP contribution < -0.4 is 19.5 Å². The molecule has 0 aliphatic carbocycles. The van der Waals surface area contributed by atoms with Gasteiger partial charge in [-0.15, -0.1) is 5.10 Å². The maximum atomic E-state index is 12.1. The SMILES string of the molecule is COc1ccc(OC)c(NC(=O)COc2nnc3ccccn23)c1. The van der Waals surface area contributed by atoms with Crippen LogP contribution in [0.4, 0.5) is 5.69 Å². The van der Waals surface area contributed by atoms with Gasteiger partial charge < -0.3 is 19.5 Å². The van der Waals surface area contributed by atoms with Crippen molar-refractivity contribution in [2.75, 3.05) is 26.1 Å². The molecule has 8 heteroatoms. The van der Waals surface area contributed by atoms with Gasteiger partial charge in [0.05, 0.1) is 19.9 Å². The number of hydrogen-bond donors (Lipinski definition) is 1. The summed E-state index contributed by atoms with van der Waals surface area (Å²) in [5.74, 6) is 0.779.